The van der Waals surface area contributed by atoms with E-state index in [1.54, 1.807) is 12.1 Å². The number of sulfonamides is 1. The standard InChI is InChI=1S/C32H41N3O6S/c1-23-13-15-25(16-14-23)21-34(28(31(37)33-32(2,3)4)19-24-11-9-8-10-12-24)30(36)22-35(42(7,38)39)27-20-26(40-5)17-18-29(27)41-6/h8-18,20,28H,19,21-22H2,1-7H3,(H,33,37)/t28-/m0/s1. The fraction of sp³-hybridized carbons (Fsp3) is 0.375. The van der Waals surface area contributed by atoms with Crippen molar-refractivity contribution in [2.24, 2.45) is 0 Å². The predicted octanol–water partition coefficient (Wildman–Crippen LogP) is 4.33. The van der Waals surface area contributed by atoms with Crippen molar-refractivity contribution in [1.82, 2.24) is 10.2 Å². The lowest BCUT2D eigenvalue weighted by atomic mass is 10.0. The van der Waals surface area contributed by atoms with E-state index in [9.17, 15) is 18.0 Å². The van der Waals surface area contributed by atoms with Gasteiger partial charge in [-0.15, -0.1) is 0 Å². The molecule has 1 N–H and O–H groups in total. The smallest absolute Gasteiger partial charge is 0.244 e. The molecule has 42 heavy (non-hydrogen) atoms. The van der Waals surface area contributed by atoms with Crippen molar-refractivity contribution in [3.8, 4) is 11.5 Å². The molecule has 3 rings (SSSR count). The van der Waals surface area contributed by atoms with Crippen LogP contribution in [0.1, 0.15) is 37.5 Å². The number of nitrogens with zero attached hydrogens (tertiary/aromatic N) is 2. The highest BCUT2D eigenvalue weighted by Gasteiger charge is 2.35. The van der Waals surface area contributed by atoms with Crippen LogP contribution in [0.15, 0.2) is 72.8 Å². The molecule has 0 bridgehead atoms. The molecule has 0 spiro atoms. The first kappa shape index (κ1) is 32.5. The average Bonchev–Trinajstić information content (AvgIpc) is 2.93. The minimum atomic E-state index is -3.97. The second kappa shape index (κ2) is 13.7. The number of ether oxygens (including phenoxy) is 2. The summed E-state index contributed by atoms with van der Waals surface area (Å²) in [7, 11) is -1.08. The third kappa shape index (κ3) is 8.97. The first-order valence-electron chi connectivity index (χ1n) is 13.6. The number of rotatable bonds is 12. The third-order valence-electron chi connectivity index (χ3n) is 6.58. The van der Waals surface area contributed by atoms with E-state index < -0.39 is 34.1 Å². The summed E-state index contributed by atoms with van der Waals surface area (Å²) in [6.07, 6.45) is 1.26. The largest absolute Gasteiger partial charge is 0.497 e. The van der Waals surface area contributed by atoms with Crippen molar-refractivity contribution in [2.45, 2.75) is 52.2 Å². The molecule has 2 amide bonds. The van der Waals surface area contributed by atoms with Gasteiger partial charge in [-0.1, -0.05) is 60.2 Å². The van der Waals surface area contributed by atoms with Gasteiger partial charge >= 0.3 is 0 Å². The van der Waals surface area contributed by atoms with Gasteiger partial charge in [0.15, 0.2) is 0 Å². The maximum atomic E-state index is 14.3. The normalized spacial score (nSPS) is 12.3. The number of benzene rings is 3. The van der Waals surface area contributed by atoms with Gasteiger partial charge in [0, 0.05) is 24.6 Å². The Balaban J connectivity index is 2.12. The Kier molecular flexibility index (Phi) is 10.6. The molecule has 0 aliphatic rings. The van der Waals surface area contributed by atoms with Crippen LogP contribution >= 0.6 is 0 Å². The Bertz CT molecular complexity index is 1470. The maximum absolute atomic E-state index is 14.3. The van der Waals surface area contributed by atoms with Crippen molar-refractivity contribution < 1.29 is 27.5 Å². The molecule has 1 atom stereocenters. The number of amides is 2. The highest BCUT2D eigenvalue weighted by Crippen LogP contribution is 2.34. The molecule has 0 saturated heterocycles. The van der Waals surface area contributed by atoms with Crippen LogP contribution < -0.4 is 19.1 Å². The van der Waals surface area contributed by atoms with E-state index in [0.717, 1.165) is 27.3 Å². The van der Waals surface area contributed by atoms with Crippen LogP contribution in [0.2, 0.25) is 0 Å². The van der Waals surface area contributed by atoms with Crippen LogP contribution in [0.3, 0.4) is 0 Å². The minimum absolute atomic E-state index is 0.0982. The molecule has 3 aromatic rings. The van der Waals surface area contributed by atoms with Gasteiger partial charge < -0.3 is 19.7 Å². The number of methoxy groups -OCH3 is 2. The number of aryl methyl sites for hydroxylation is 1. The molecule has 0 radical (unpaired) electrons. The maximum Gasteiger partial charge on any atom is 0.244 e. The second-order valence-corrected chi connectivity index (χ2v) is 13.2. The topological polar surface area (TPSA) is 105 Å². The van der Waals surface area contributed by atoms with Gasteiger partial charge in [-0.2, -0.15) is 0 Å². The van der Waals surface area contributed by atoms with Crippen LogP contribution in [0.5, 0.6) is 11.5 Å². The molecule has 9 nitrogen and oxygen atoms in total. The highest BCUT2D eigenvalue weighted by atomic mass is 32.2. The minimum Gasteiger partial charge on any atom is -0.497 e. The first-order valence-corrected chi connectivity index (χ1v) is 15.5. The van der Waals surface area contributed by atoms with Crippen molar-refractivity contribution in [3.05, 3.63) is 89.5 Å². The summed E-state index contributed by atoms with van der Waals surface area (Å²) in [4.78, 5) is 29.5. The number of anilines is 1. The lowest BCUT2D eigenvalue weighted by Crippen LogP contribution is -2.56. The zero-order chi connectivity index (χ0) is 31.1. The zero-order valence-corrected chi connectivity index (χ0v) is 26.2. The Morgan fingerprint density at radius 1 is 0.905 bits per heavy atom. The first-order chi connectivity index (χ1) is 19.7. The van der Waals surface area contributed by atoms with Gasteiger partial charge in [-0.05, 0) is 51.0 Å². The molecule has 226 valence electrons. The van der Waals surface area contributed by atoms with E-state index in [-0.39, 0.29) is 30.3 Å². The zero-order valence-electron chi connectivity index (χ0n) is 25.4. The summed E-state index contributed by atoms with van der Waals surface area (Å²) in [5.41, 5.74) is 2.32. The molecule has 0 unspecified atom stereocenters. The molecule has 0 aliphatic heterocycles. The number of carbonyl (C=O) groups is 2. The van der Waals surface area contributed by atoms with E-state index in [4.69, 9.17) is 9.47 Å². The van der Waals surface area contributed by atoms with Gasteiger partial charge in [0.25, 0.3) is 0 Å². The molecule has 0 aromatic heterocycles. The Morgan fingerprint density at radius 2 is 1.55 bits per heavy atom. The van der Waals surface area contributed by atoms with Crippen molar-refractivity contribution in [2.75, 3.05) is 31.3 Å². The van der Waals surface area contributed by atoms with Crippen LogP contribution in [-0.2, 0) is 32.6 Å². The molecule has 0 aliphatic carbocycles. The fourth-order valence-electron chi connectivity index (χ4n) is 4.48. The molecule has 10 heteroatoms. The summed E-state index contributed by atoms with van der Waals surface area (Å²) in [5, 5.41) is 3.02. The Labute approximate surface area is 249 Å². The Hall–Kier alpha value is -4.05. The lowest BCUT2D eigenvalue weighted by molar-refractivity contribution is -0.140. The molecular formula is C32H41N3O6S. The lowest BCUT2D eigenvalue weighted by Gasteiger charge is -2.35. The summed E-state index contributed by atoms with van der Waals surface area (Å²) in [6, 6.07) is 20.9. The van der Waals surface area contributed by atoms with E-state index in [1.807, 2.05) is 82.3 Å². The van der Waals surface area contributed by atoms with Crippen molar-refractivity contribution in [1.29, 1.82) is 0 Å². The monoisotopic (exact) mass is 595 g/mol. The van der Waals surface area contributed by atoms with Gasteiger partial charge in [0.1, 0.15) is 24.1 Å². The SMILES string of the molecule is COc1ccc(OC)c(N(CC(=O)N(Cc2ccc(C)cc2)[C@@H](Cc2ccccc2)C(=O)NC(C)(C)C)S(C)(=O)=O)c1. The van der Waals surface area contributed by atoms with Crippen LogP contribution in [0.4, 0.5) is 5.69 Å². The molecular weight excluding hydrogens is 554 g/mol. The highest BCUT2D eigenvalue weighted by molar-refractivity contribution is 7.92. The van der Waals surface area contributed by atoms with Crippen LogP contribution in [-0.4, -0.2) is 63.7 Å². The van der Waals surface area contributed by atoms with Crippen molar-refractivity contribution >= 4 is 27.5 Å². The van der Waals surface area contributed by atoms with E-state index in [2.05, 4.69) is 5.32 Å². The number of hydrogen-bond donors (Lipinski definition) is 1. The predicted molar refractivity (Wildman–Crippen MR) is 165 cm³/mol. The summed E-state index contributed by atoms with van der Waals surface area (Å²) in [5.74, 6) is -0.229. The van der Waals surface area contributed by atoms with Crippen LogP contribution in [0.25, 0.3) is 0 Å². The quantitative estimate of drug-likeness (QED) is 0.334. The summed E-state index contributed by atoms with van der Waals surface area (Å²) >= 11 is 0. The summed E-state index contributed by atoms with van der Waals surface area (Å²) < 4.78 is 38.0. The van der Waals surface area contributed by atoms with E-state index in [1.165, 1.54) is 25.2 Å². The fourth-order valence-corrected chi connectivity index (χ4v) is 5.33. The number of carbonyl (C=O) groups excluding carboxylic acids is 2. The number of hydrogen-bond acceptors (Lipinski definition) is 6. The van der Waals surface area contributed by atoms with Gasteiger partial charge in [0.2, 0.25) is 21.8 Å². The van der Waals surface area contributed by atoms with Crippen LogP contribution in [0, 0.1) is 6.92 Å². The van der Waals surface area contributed by atoms with E-state index in [0.29, 0.717) is 5.75 Å². The van der Waals surface area contributed by atoms with Gasteiger partial charge in [0.05, 0.1) is 26.2 Å². The van der Waals surface area contributed by atoms with Crippen molar-refractivity contribution in [3.63, 3.8) is 0 Å². The summed E-state index contributed by atoms with van der Waals surface area (Å²) in [6.45, 7) is 7.13. The van der Waals surface area contributed by atoms with Gasteiger partial charge in [-0.3, -0.25) is 13.9 Å². The molecule has 3 aromatic carbocycles. The van der Waals surface area contributed by atoms with E-state index >= 15 is 0 Å². The third-order valence-corrected chi connectivity index (χ3v) is 7.70. The Morgan fingerprint density at radius 3 is 2.10 bits per heavy atom. The van der Waals surface area contributed by atoms with Gasteiger partial charge in [-0.25, -0.2) is 8.42 Å². The number of nitrogens with one attached hydrogen (secondary N) is 1. The molecule has 0 heterocycles. The average molecular weight is 596 g/mol. The molecule has 0 fully saturated rings. The molecule has 0 saturated carbocycles. The second-order valence-electron chi connectivity index (χ2n) is 11.3.